The second-order valence-electron chi connectivity index (χ2n) is 6.74. The zero-order chi connectivity index (χ0) is 24.0. The number of nitrogens with zero attached hydrogens (tertiary/aromatic N) is 2. The lowest BCUT2D eigenvalue weighted by atomic mass is 10.2. The van der Waals surface area contributed by atoms with Crippen molar-refractivity contribution in [1.29, 1.82) is 0 Å². The fraction of sp³-hybridized carbons (Fsp3) is 0.0909. The van der Waals surface area contributed by atoms with Gasteiger partial charge in [0.15, 0.2) is 0 Å². The van der Waals surface area contributed by atoms with E-state index in [4.69, 9.17) is 23.2 Å². The van der Waals surface area contributed by atoms with Crippen LogP contribution >= 0.6 is 23.2 Å². The van der Waals surface area contributed by atoms with E-state index < -0.39 is 40.7 Å². The third-order valence-electron chi connectivity index (χ3n) is 4.47. The highest BCUT2D eigenvalue weighted by Crippen LogP contribution is 2.25. The van der Waals surface area contributed by atoms with Crippen LogP contribution in [0.4, 0.5) is 8.78 Å². The van der Waals surface area contributed by atoms with E-state index >= 15 is 0 Å². The summed E-state index contributed by atoms with van der Waals surface area (Å²) in [7, 11) is -4.25. The van der Waals surface area contributed by atoms with Gasteiger partial charge in [0.2, 0.25) is 10.0 Å². The molecule has 0 unspecified atom stereocenters. The Morgan fingerprint density at radius 3 is 2.30 bits per heavy atom. The van der Waals surface area contributed by atoms with E-state index in [0.717, 1.165) is 16.6 Å². The predicted octanol–water partition coefficient (Wildman–Crippen LogP) is 4.61. The normalized spacial score (nSPS) is 11.8. The van der Waals surface area contributed by atoms with Crippen LogP contribution in [0.3, 0.4) is 0 Å². The highest BCUT2D eigenvalue weighted by atomic mass is 35.5. The zero-order valence-corrected chi connectivity index (χ0v) is 19.2. The second-order valence-corrected chi connectivity index (χ2v) is 9.52. The summed E-state index contributed by atoms with van der Waals surface area (Å²) in [5, 5.41) is 3.98. The van der Waals surface area contributed by atoms with Crippen molar-refractivity contribution in [3.05, 3.63) is 99.5 Å². The van der Waals surface area contributed by atoms with Gasteiger partial charge in [-0.1, -0.05) is 47.5 Å². The van der Waals surface area contributed by atoms with Gasteiger partial charge in [-0.2, -0.15) is 9.41 Å². The number of nitrogens with one attached hydrogen (secondary N) is 1. The number of hydrazone groups is 1. The van der Waals surface area contributed by atoms with Crippen LogP contribution in [-0.2, 0) is 21.4 Å². The van der Waals surface area contributed by atoms with E-state index in [9.17, 15) is 22.0 Å². The Bertz CT molecular complexity index is 1270. The number of benzene rings is 3. The Balaban J connectivity index is 1.85. The number of sulfonamides is 1. The molecule has 0 bridgehead atoms. The number of hydrogen-bond acceptors (Lipinski definition) is 4. The van der Waals surface area contributed by atoms with Gasteiger partial charge < -0.3 is 0 Å². The van der Waals surface area contributed by atoms with Gasteiger partial charge in [0.05, 0.1) is 17.7 Å². The van der Waals surface area contributed by atoms with E-state index in [2.05, 4.69) is 10.5 Å². The predicted molar refractivity (Wildman–Crippen MR) is 123 cm³/mol. The highest BCUT2D eigenvalue weighted by molar-refractivity contribution is 7.89. The van der Waals surface area contributed by atoms with E-state index in [-0.39, 0.29) is 21.0 Å². The van der Waals surface area contributed by atoms with Crippen LogP contribution in [0.5, 0.6) is 0 Å². The van der Waals surface area contributed by atoms with Crippen LogP contribution in [0.25, 0.3) is 0 Å². The summed E-state index contributed by atoms with van der Waals surface area (Å²) in [4.78, 5) is 12.3. The molecule has 172 valence electrons. The summed E-state index contributed by atoms with van der Waals surface area (Å²) < 4.78 is 55.2. The lowest BCUT2D eigenvalue weighted by molar-refractivity contribution is -0.121. The van der Waals surface area contributed by atoms with Gasteiger partial charge in [0, 0.05) is 27.7 Å². The van der Waals surface area contributed by atoms with Crippen molar-refractivity contribution in [2.45, 2.75) is 11.4 Å². The Morgan fingerprint density at radius 1 is 0.970 bits per heavy atom. The van der Waals surface area contributed by atoms with Crippen LogP contribution in [0.15, 0.2) is 76.7 Å². The van der Waals surface area contributed by atoms with E-state index in [1.54, 1.807) is 6.07 Å². The van der Waals surface area contributed by atoms with Crippen LogP contribution in [0.2, 0.25) is 10.0 Å². The van der Waals surface area contributed by atoms with Crippen LogP contribution in [-0.4, -0.2) is 31.4 Å². The molecule has 3 rings (SSSR count). The van der Waals surface area contributed by atoms with Crippen LogP contribution < -0.4 is 5.43 Å². The largest absolute Gasteiger partial charge is 0.272 e. The minimum Gasteiger partial charge on any atom is -0.272 e. The van der Waals surface area contributed by atoms with Crippen LogP contribution in [0, 0.1) is 11.6 Å². The maximum Gasteiger partial charge on any atom is 0.255 e. The number of carbonyl (C=O) groups is 1. The molecule has 0 aromatic heterocycles. The van der Waals surface area contributed by atoms with Crippen molar-refractivity contribution in [3.8, 4) is 0 Å². The number of amides is 1. The topological polar surface area (TPSA) is 78.8 Å². The Kier molecular flexibility index (Phi) is 8.15. The minimum absolute atomic E-state index is 0.00397. The van der Waals surface area contributed by atoms with Crippen molar-refractivity contribution in [1.82, 2.24) is 9.73 Å². The first-order valence-electron chi connectivity index (χ1n) is 9.43. The molecule has 0 radical (unpaired) electrons. The molecule has 6 nitrogen and oxygen atoms in total. The molecule has 0 atom stereocenters. The molecule has 1 amide bonds. The maximum atomic E-state index is 14.3. The molecule has 0 aliphatic rings. The standard InChI is InChI=1S/C22H17Cl2F2N3O3S/c23-16-8-10-17(11-9-16)33(31,32)29(13-18-19(24)5-3-7-21(18)26)14-22(30)28-27-12-15-4-1-2-6-20(15)25/h1-12H,13-14H2,(H,28,30)/b27-12-. The molecule has 0 saturated heterocycles. The molecule has 0 aliphatic heterocycles. The molecule has 3 aromatic rings. The summed E-state index contributed by atoms with van der Waals surface area (Å²) in [6, 6.07) is 15.0. The molecule has 0 heterocycles. The molecule has 0 fully saturated rings. The number of rotatable bonds is 8. The molecule has 0 saturated carbocycles. The number of hydrogen-bond donors (Lipinski definition) is 1. The smallest absolute Gasteiger partial charge is 0.255 e. The lowest BCUT2D eigenvalue weighted by Gasteiger charge is -2.22. The first-order chi connectivity index (χ1) is 15.7. The van der Waals surface area contributed by atoms with Crippen molar-refractivity contribution >= 4 is 45.3 Å². The van der Waals surface area contributed by atoms with Gasteiger partial charge in [-0.3, -0.25) is 4.79 Å². The zero-order valence-electron chi connectivity index (χ0n) is 16.9. The average Bonchev–Trinajstić information content (AvgIpc) is 2.77. The molecular weight excluding hydrogens is 495 g/mol. The van der Waals surface area contributed by atoms with E-state index in [1.165, 1.54) is 54.6 Å². The summed E-state index contributed by atoms with van der Waals surface area (Å²) in [6.07, 6.45) is 1.08. The quantitative estimate of drug-likeness (QED) is 0.354. The van der Waals surface area contributed by atoms with Crippen molar-refractivity contribution in [2.24, 2.45) is 5.10 Å². The molecule has 3 aromatic carbocycles. The van der Waals surface area contributed by atoms with E-state index in [1.807, 2.05) is 0 Å². The summed E-state index contributed by atoms with van der Waals surface area (Å²) in [6.45, 7) is -1.22. The average molecular weight is 512 g/mol. The van der Waals surface area contributed by atoms with Crippen LogP contribution in [0.1, 0.15) is 11.1 Å². The maximum absolute atomic E-state index is 14.3. The first-order valence-corrected chi connectivity index (χ1v) is 11.6. The van der Waals surface area contributed by atoms with Gasteiger partial charge >= 0.3 is 0 Å². The van der Waals surface area contributed by atoms with E-state index in [0.29, 0.717) is 5.02 Å². The van der Waals surface area contributed by atoms with Crippen molar-refractivity contribution < 1.29 is 22.0 Å². The second kappa shape index (κ2) is 10.8. The third kappa shape index (κ3) is 6.35. The molecule has 0 aliphatic carbocycles. The van der Waals surface area contributed by atoms with Crippen molar-refractivity contribution in [2.75, 3.05) is 6.54 Å². The number of carbonyl (C=O) groups excluding carboxylic acids is 1. The Morgan fingerprint density at radius 2 is 1.64 bits per heavy atom. The van der Waals surface area contributed by atoms with Gasteiger partial charge in [-0.25, -0.2) is 22.6 Å². The first kappa shape index (κ1) is 24.8. The van der Waals surface area contributed by atoms with Gasteiger partial charge in [-0.05, 0) is 42.5 Å². The Labute approximate surface area is 199 Å². The highest BCUT2D eigenvalue weighted by Gasteiger charge is 2.28. The molecule has 33 heavy (non-hydrogen) atoms. The van der Waals surface area contributed by atoms with Gasteiger partial charge in [0.25, 0.3) is 5.91 Å². The van der Waals surface area contributed by atoms with Gasteiger partial charge in [0.1, 0.15) is 11.6 Å². The fourth-order valence-electron chi connectivity index (χ4n) is 2.79. The molecule has 1 N–H and O–H groups in total. The minimum atomic E-state index is -4.25. The molecule has 11 heteroatoms. The summed E-state index contributed by atoms with van der Waals surface area (Å²) in [5.41, 5.74) is 2.18. The fourth-order valence-corrected chi connectivity index (χ4v) is 4.50. The lowest BCUT2D eigenvalue weighted by Crippen LogP contribution is -2.39. The monoisotopic (exact) mass is 511 g/mol. The third-order valence-corrected chi connectivity index (χ3v) is 6.88. The van der Waals surface area contributed by atoms with Crippen molar-refractivity contribution in [3.63, 3.8) is 0 Å². The molecule has 0 spiro atoms. The number of halogens is 4. The SMILES string of the molecule is O=C(CN(Cc1c(F)cccc1Cl)S(=O)(=O)c1ccc(Cl)cc1)N/N=C\c1ccccc1F. The summed E-state index contributed by atoms with van der Waals surface area (Å²) >= 11 is 11.9. The molecular formula is C22H17Cl2F2N3O3S. The summed E-state index contributed by atoms with van der Waals surface area (Å²) in [5.74, 6) is -2.10. The van der Waals surface area contributed by atoms with Gasteiger partial charge in [-0.15, -0.1) is 0 Å². The Hall–Kier alpha value is -2.85.